The van der Waals surface area contributed by atoms with E-state index in [0.29, 0.717) is 6.04 Å². The Balaban J connectivity index is 2.14. The molecule has 1 aliphatic rings. The van der Waals surface area contributed by atoms with Crippen LogP contribution in [0.3, 0.4) is 0 Å². The van der Waals surface area contributed by atoms with Crippen LogP contribution in [0.5, 0.6) is 0 Å². The first-order chi connectivity index (χ1) is 9.13. The highest BCUT2D eigenvalue weighted by molar-refractivity contribution is 5.25. The van der Waals surface area contributed by atoms with E-state index in [1.54, 1.807) is 0 Å². The van der Waals surface area contributed by atoms with Gasteiger partial charge < -0.3 is 15.3 Å². The van der Waals surface area contributed by atoms with Crippen LogP contribution in [0.25, 0.3) is 0 Å². The molecule has 1 fully saturated rings. The van der Waals surface area contributed by atoms with Gasteiger partial charge in [-0.15, -0.1) is 0 Å². The molecule has 2 rings (SSSR count). The maximum Gasteiger partial charge on any atom is 0.0795 e. The molecule has 0 spiro atoms. The minimum Gasteiger partial charge on any atom is -0.394 e. The molecule has 1 aromatic rings. The van der Waals surface area contributed by atoms with Gasteiger partial charge >= 0.3 is 0 Å². The Morgan fingerprint density at radius 1 is 1.37 bits per heavy atom. The average molecular weight is 262 g/mol. The normalized spacial score (nSPS) is 20.3. The minimum atomic E-state index is -0.376. The maximum atomic E-state index is 9.93. The molecule has 3 nitrogen and oxygen atoms in total. The van der Waals surface area contributed by atoms with Gasteiger partial charge in [0.25, 0.3) is 0 Å². The lowest BCUT2D eigenvalue weighted by Gasteiger charge is -2.38. The van der Waals surface area contributed by atoms with Crippen molar-refractivity contribution in [2.45, 2.75) is 31.3 Å². The summed E-state index contributed by atoms with van der Waals surface area (Å²) in [7, 11) is 4.09. The minimum absolute atomic E-state index is 0.106. The third-order valence-electron chi connectivity index (χ3n) is 4.59. The van der Waals surface area contributed by atoms with Crippen molar-refractivity contribution in [1.29, 1.82) is 0 Å². The van der Waals surface area contributed by atoms with Gasteiger partial charge in [0.15, 0.2) is 0 Å². The van der Waals surface area contributed by atoms with E-state index in [4.69, 9.17) is 0 Å². The fourth-order valence-electron chi connectivity index (χ4n) is 2.80. The zero-order valence-corrected chi connectivity index (χ0v) is 12.3. The van der Waals surface area contributed by atoms with Crippen LogP contribution in [0, 0.1) is 5.92 Å². The number of nitrogens with zero attached hydrogens (tertiary/aromatic N) is 1. The zero-order valence-electron chi connectivity index (χ0n) is 12.3. The molecule has 0 heterocycles. The molecule has 2 unspecified atom stereocenters. The van der Waals surface area contributed by atoms with Crippen molar-refractivity contribution >= 4 is 0 Å². The summed E-state index contributed by atoms with van der Waals surface area (Å²) in [4.78, 5) is 2.37. The highest BCUT2D eigenvalue weighted by Gasteiger charge is 2.36. The van der Waals surface area contributed by atoms with Crippen molar-refractivity contribution in [2.75, 3.05) is 27.2 Å². The Bertz CT molecular complexity index is 385. The summed E-state index contributed by atoms with van der Waals surface area (Å²) in [5.74, 6) is 0.842. The molecule has 3 heteroatoms. The van der Waals surface area contributed by atoms with Gasteiger partial charge in [-0.25, -0.2) is 0 Å². The standard InChI is InChI=1S/C16H26N2O/c1-13(14-9-10-14)18(3)11-16(12-19,17-2)15-7-5-4-6-8-15/h4-8,13-14,17,19H,9-12H2,1-3H3. The summed E-state index contributed by atoms with van der Waals surface area (Å²) < 4.78 is 0. The van der Waals surface area contributed by atoms with E-state index >= 15 is 0 Å². The average Bonchev–Trinajstić information content (AvgIpc) is 3.29. The number of aliphatic hydroxyl groups excluding tert-OH is 1. The van der Waals surface area contributed by atoms with Crippen LogP contribution in [0.15, 0.2) is 30.3 Å². The van der Waals surface area contributed by atoms with Gasteiger partial charge in [0.05, 0.1) is 12.1 Å². The largest absolute Gasteiger partial charge is 0.394 e. The molecule has 106 valence electrons. The lowest BCUT2D eigenvalue weighted by molar-refractivity contribution is 0.102. The Morgan fingerprint density at radius 2 is 2.00 bits per heavy atom. The lowest BCUT2D eigenvalue weighted by Crippen LogP contribution is -2.53. The van der Waals surface area contributed by atoms with Crippen LogP contribution in [0.1, 0.15) is 25.3 Å². The molecule has 19 heavy (non-hydrogen) atoms. The van der Waals surface area contributed by atoms with E-state index in [-0.39, 0.29) is 12.1 Å². The second-order valence-corrected chi connectivity index (χ2v) is 5.85. The zero-order chi connectivity index (χ0) is 13.9. The van der Waals surface area contributed by atoms with Crippen molar-refractivity contribution in [3.8, 4) is 0 Å². The summed E-state index contributed by atoms with van der Waals surface area (Å²) in [5, 5.41) is 13.3. The van der Waals surface area contributed by atoms with Gasteiger partial charge in [0, 0.05) is 12.6 Å². The van der Waals surface area contributed by atoms with Crippen LogP contribution in [-0.4, -0.2) is 43.3 Å². The lowest BCUT2D eigenvalue weighted by atomic mass is 9.89. The molecule has 0 aromatic heterocycles. The van der Waals surface area contributed by atoms with Gasteiger partial charge in [-0.05, 0) is 45.3 Å². The van der Waals surface area contributed by atoms with Crippen LogP contribution in [0.4, 0.5) is 0 Å². The number of likely N-dealkylation sites (N-methyl/N-ethyl adjacent to an activating group) is 2. The molecule has 0 aliphatic heterocycles. The predicted octanol–water partition coefficient (Wildman–Crippen LogP) is 1.82. The quantitative estimate of drug-likeness (QED) is 0.787. The number of nitrogens with one attached hydrogen (secondary N) is 1. The summed E-state index contributed by atoms with van der Waals surface area (Å²) in [6.07, 6.45) is 2.70. The van der Waals surface area contributed by atoms with E-state index in [1.165, 1.54) is 12.8 Å². The van der Waals surface area contributed by atoms with E-state index < -0.39 is 0 Å². The fourth-order valence-corrected chi connectivity index (χ4v) is 2.80. The van der Waals surface area contributed by atoms with Crippen molar-refractivity contribution < 1.29 is 5.11 Å². The number of benzene rings is 1. The smallest absolute Gasteiger partial charge is 0.0795 e. The summed E-state index contributed by atoms with van der Waals surface area (Å²) >= 11 is 0. The Hall–Kier alpha value is -0.900. The first kappa shape index (κ1) is 14.5. The monoisotopic (exact) mass is 262 g/mol. The van der Waals surface area contributed by atoms with Crippen LogP contribution in [0.2, 0.25) is 0 Å². The van der Waals surface area contributed by atoms with Crippen molar-refractivity contribution in [3.63, 3.8) is 0 Å². The van der Waals surface area contributed by atoms with E-state index in [9.17, 15) is 5.11 Å². The van der Waals surface area contributed by atoms with Crippen molar-refractivity contribution in [1.82, 2.24) is 10.2 Å². The molecule has 1 aliphatic carbocycles. The van der Waals surface area contributed by atoms with Gasteiger partial charge in [-0.2, -0.15) is 0 Å². The van der Waals surface area contributed by atoms with Gasteiger partial charge in [-0.1, -0.05) is 30.3 Å². The second-order valence-electron chi connectivity index (χ2n) is 5.85. The number of aliphatic hydroxyl groups is 1. The fraction of sp³-hybridized carbons (Fsp3) is 0.625. The molecule has 0 bridgehead atoms. The molecule has 2 N–H and O–H groups in total. The Morgan fingerprint density at radius 3 is 2.47 bits per heavy atom. The number of hydrogen-bond donors (Lipinski definition) is 2. The maximum absolute atomic E-state index is 9.93. The topological polar surface area (TPSA) is 35.5 Å². The van der Waals surface area contributed by atoms with Crippen molar-refractivity contribution in [3.05, 3.63) is 35.9 Å². The summed E-state index contributed by atoms with van der Waals surface area (Å²) in [5.41, 5.74) is 0.772. The highest BCUT2D eigenvalue weighted by Crippen LogP contribution is 2.35. The molecule has 0 saturated heterocycles. The van der Waals surface area contributed by atoms with E-state index in [0.717, 1.165) is 18.0 Å². The van der Waals surface area contributed by atoms with Crippen LogP contribution < -0.4 is 5.32 Å². The van der Waals surface area contributed by atoms with Gasteiger partial charge in [0.2, 0.25) is 0 Å². The molecule has 0 amide bonds. The Kier molecular flexibility index (Phi) is 4.61. The van der Waals surface area contributed by atoms with Crippen LogP contribution >= 0.6 is 0 Å². The molecule has 2 atom stereocenters. The number of hydrogen-bond acceptors (Lipinski definition) is 3. The summed E-state index contributed by atoms with van der Waals surface area (Å²) in [6.45, 7) is 3.22. The first-order valence-corrected chi connectivity index (χ1v) is 7.18. The summed E-state index contributed by atoms with van der Waals surface area (Å²) in [6, 6.07) is 10.8. The van der Waals surface area contributed by atoms with E-state index in [1.807, 2.05) is 25.2 Å². The van der Waals surface area contributed by atoms with Gasteiger partial charge in [-0.3, -0.25) is 0 Å². The molecule has 0 radical (unpaired) electrons. The molecular formula is C16H26N2O. The third kappa shape index (κ3) is 3.16. The third-order valence-corrected chi connectivity index (χ3v) is 4.59. The predicted molar refractivity (Wildman–Crippen MR) is 79.1 cm³/mol. The SMILES string of the molecule is CNC(CO)(CN(C)C(C)C1CC1)c1ccccc1. The molecule has 1 saturated carbocycles. The van der Waals surface area contributed by atoms with E-state index in [2.05, 4.69) is 36.3 Å². The second kappa shape index (κ2) is 6.04. The van der Waals surface area contributed by atoms with Crippen LogP contribution in [-0.2, 0) is 5.54 Å². The van der Waals surface area contributed by atoms with Gasteiger partial charge in [0.1, 0.15) is 0 Å². The highest BCUT2D eigenvalue weighted by atomic mass is 16.3. The Labute approximate surface area is 116 Å². The van der Waals surface area contributed by atoms with Crippen molar-refractivity contribution in [2.24, 2.45) is 5.92 Å². The molecule has 1 aromatic carbocycles. The molecular weight excluding hydrogens is 236 g/mol. The number of rotatable bonds is 7. The first-order valence-electron chi connectivity index (χ1n) is 7.18.